The van der Waals surface area contributed by atoms with E-state index in [-0.39, 0.29) is 18.0 Å². The predicted molar refractivity (Wildman–Crippen MR) is 96.7 cm³/mol. The minimum absolute atomic E-state index is 0.0569. The maximum absolute atomic E-state index is 12.7. The molecule has 2 heterocycles. The van der Waals surface area contributed by atoms with E-state index in [1.54, 1.807) is 17.0 Å². The Kier molecular flexibility index (Phi) is 4.85. The van der Waals surface area contributed by atoms with Gasteiger partial charge in [0.05, 0.1) is 22.3 Å². The molecule has 2 aromatic rings. The molecule has 0 bridgehead atoms. The second-order valence-electron chi connectivity index (χ2n) is 6.13. The lowest BCUT2D eigenvalue weighted by Gasteiger charge is -2.20. The first-order valence-corrected chi connectivity index (χ1v) is 8.65. The summed E-state index contributed by atoms with van der Waals surface area (Å²) in [6, 6.07) is 5.12. The first kappa shape index (κ1) is 17.3. The number of aromatic nitrogens is 2. The van der Waals surface area contributed by atoms with E-state index in [1.165, 1.54) is 0 Å². The van der Waals surface area contributed by atoms with Crippen molar-refractivity contribution >= 4 is 34.8 Å². The number of carbonyl (C=O) groups excluding carboxylic acids is 1. The normalized spacial score (nSPS) is 19.1. The minimum atomic E-state index is -0.214. The molecule has 128 valence electrons. The Balaban J connectivity index is 1.72. The van der Waals surface area contributed by atoms with Gasteiger partial charge in [0.15, 0.2) is 0 Å². The molecule has 1 aromatic heterocycles. The van der Waals surface area contributed by atoms with Crippen LogP contribution in [-0.2, 0) is 11.8 Å². The zero-order chi connectivity index (χ0) is 17.4. The summed E-state index contributed by atoms with van der Waals surface area (Å²) in [7, 11) is 1.91. The van der Waals surface area contributed by atoms with Crippen LogP contribution in [0.1, 0.15) is 30.6 Å². The van der Waals surface area contributed by atoms with Gasteiger partial charge >= 0.3 is 0 Å². The fourth-order valence-corrected chi connectivity index (χ4v) is 3.37. The van der Waals surface area contributed by atoms with E-state index in [9.17, 15) is 4.79 Å². The first-order valence-electron chi connectivity index (χ1n) is 7.89. The molecule has 7 heteroatoms. The van der Waals surface area contributed by atoms with Gasteiger partial charge in [-0.05, 0) is 38.5 Å². The topological polar surface area (TPSA) is 50.2 Å². The molecule has 0 radical (unpaired) electrons. The van der Waals surface area contributed by atoms with Crippen molar-refractivity contribution in [1.29, 1.82) is 0 Å². The van der Waals surface area contributed by atoms with Crippen molar-refractivity contribution in [3.8, 4) is 0 Å². The van der Waals surface area contributed by atoms with E-state index < -0.39 is 0 Å². The number of hydrogen-bond donors (Lipinski definition) is 1. The molecule has 2 unspecified atom stereocenters. The van der Waals surface area contributed by atoms with Crippen LogP contribution in [0, 0.1) is 6.92 Å². The van der Waals surface area contributed by atoms with Crippen LogP contribution in [0.5, 0.6) is 0 Å². The maximum atomic E-state index is 12.7. The molecule has 1 aromatic carbocycles. The number of nitrogens with zero attached hydrogens (tertiary/aromatic N) is 3. The third kappa shape index (κ3) is 3.16. The van der Waals surface area contributed by atoms with Crippen molar-refractivity contribution < 1.29 is 4.79 Å². The number of carbonyl (C=O) groups is 1. The van der Waals surface area contributed by atoms with Gasteiger partial charge in [-0.2, -0.15) is 5.10 Å². The molecule has 24 heavy (non-hydrogen) atoms. The lowest BCUT2D eigenvalue weighted by molar-refractivity contribution is -0.119. The van der Waals surface area contributed by atoms with Crippen LogP contribution in [0.3, 0.4) is 0 Å². The van der Waals surface area contributed by atoms with Crippen molar-refractivity contribution in [1.82, 2.24) is 15.1 Å². The molecule has 1 aliphatic rings. The fourth-order valence-electron chi connectivity index (χ4n) is 3.08. The first-order chi connectivity index (χ1) is 11.4. The Morgan fingerprint density at radius 2 is 2.08 bits per heavy atom. The number of nitrogens with one attached hydrogen (secondary N) is 1. The predicted octanol–water partition coefficient (Wildman–Crippen LogP) is 3.49. The monoisotopic (exact) mass is 366 g/mol. The number of rotatable bonds is 4. The average molecular weight is 367 g/mol. The summed E-state index contributed by atoms with van der Waals surface area (Å²) >= 11 is 12.0. The molecule has 1 N–H and O–H groups in total. The summed E-state index contributed by atoms with van der Waals surface area (Å²) in [5.41, 5.74) is 2.99. The Morgan fingerprint density at radius 3 is 2.71 bits per heavy atom. The summed E-state index contributed by atoms with van der Waals surface area (Å²) in [5.74, 6) is 0.0572. The second-order valence-corrected chi connectivity index (χ2v) is 6.94. The highest BCUT2D eigenvalue weighted by molar-refractivity contribution is 6.42. The van der Waals surface area contributed by atoms with E-state index in [2.05, 4.69) is 17.3 Å². The molecule has 3 rings (SSSR count). The highest BCUT2D eigenvalue weighted by Gasteiger charge is 2.34. The van der Waals surface area contributed by atoms with Crippen LogP contribution in [0.25, 0.3) is 0 Å². The lowest BCUT2D eigenvalue weighted by atomic mass is 10.1. The molecule has 5 nitrogen and oxygen atoms in total. The van der Waals surface area contributed by atoms with Gasteiger partial charge in [-0.1, -0.05) is 23.2 Å². The van der Waals surface area contributed by atoms with Crippen LogP contribution < -0.4 is 10.2 Å². The molecule has 2 atom stereocenters. The smallest absolute Gasteiger partial charge is 0.244 e. The van der Waals surface area contributed by atoms with Gasteiger partial charge in [0.25, 0.3) is 0 Å². The van der Waals surface area contributed by atoms with Crippen LogP contribution >= 0.6 is 23.2 Å². The van der Waals surface area contributed by atoms with Crippen molar-refractivity contribution in [3.05, 3.63) is 45.7 Å². The third-order valence-electron chi connectivity index (χ3n) is 4.61. The Labute approximate surface area is 151 Å². The Bertz CT molecular complexity index is 774. The quantitative estimate of drug-likeness (QED) is 0.900. The average Bonchev–Trinajstić information content (AvgIpc) is 3.07. The van der Waals surface area contributed by atoms with E-state index in [0.717, 1.165) is 23.4 Å². The van der Waals surface area contributed by atoms with E-state index in [4.69, 9.17) is 23.2 Å². The molecule has 1 saturated heterocycles. The fraction of sp³-hybridized carbons (Fsp3) is 0.412. The summed E-state index contributed by atoms with van der Waals surface area (Å²) in [5, 5.41) is 8.63. The number of aryl methyl sites for hydroxylation is 1. The lowest BCUT2D eigenvalue weighted by Crippen LogP contribution is -2.39. The summed E-state index contributed by atoms with van der Waals surface area (Å²) in [4.78, 5) is 14.5. The molecular weight excluding hydrogens is 347 g/mol. The highest BCUT2D eigenvalue weighted by Crippen LogP contribution is 2.30. The van der Waals surface area contributed by atoms with Crippen molar-refractivity contribution in [2.24, 2.45) is 7.05 Å². The molecule has 1 fully saturated rings. The zero-order valence-electron chi connectivity index (χ0n) is 13.9. The minimum Gasteiger partial charge on any atom is -0.311 e. The van der Waals surface area contributed by atoms with Gasteiger partial charge in [0.1, 0.15) is 0 Å². The van der Waals surface area contributed by atoms with E-state index in [0.29, 0.717) is 16.6 Å². The summed E-state index contributed by atoms with van der Waals surface area (Å²) < 4.78 is 1.84. The van der Waals surface area contributed by atoms with E-state index >= 15 is 0 Å². The van der Waals surface area contributed by atoms with Crippen LogP contribution in [-0.4, -0.2) is 28.3 Å². The SMILES string of the molecule is Cc1c(C(C)NC2CCN(c3ccc(Cl)c(Cl)c3)C2=O)cnn1C. The number of amides is 1. The summed E-state index contributed by atoms with van der Waals surface area (Å²) in [6.07, 6.45) is 2.60. The van der Waals surface area contributed by atoms with Gasteiger partial charge in [-0.3, -0.25) is 14.8 Å². The van der Waals surface area contributed by atoms with Crippen molar-refractivity contribution in [2.45, 2.75) is 32.4 Å². The van der Waals surface area contributed by atoms with Crippen LogP contribution in [0.2, 0.25) is 10.0 Å². The summed E-state index contributed by atoms with van der Waals surface area (Å²) in [6.45, 7) is 4.74. The molecule has 1 aliphatic heterocycles. The molecule has 0 aliphatic carbocycles. The Morgan fingerprint density at radius 1 is 1.33 bits per heavy atom. The van der Waals surface area contributed by atoms with Crippen molar-refractivity contribution in [3.63, 3.8) is 0 Å². The Hall–Kier alpha value is -1.56. The molecular formula is C17H20Cl2N4O. The molecule has 0 spiro atoms. The molecule has 0 saturated carbocycles. The highest BCUT2D eigenvalue weighted by atomic mass is 35.5. The van der Waals surface area contributed by atoms with Gasteiger partial charge in [0, 0.05) is 36.6 Å². The van der Waals surface area contributed by atoms with E-state index in [1.807, 2.05) is 30.9 Å². The number of benzene rings is 1. The van der Waals surface area contributed by atoms with Crippen LogP contribution in [0.4, 0.5) is 5.69 Å². The van der Waals surface area contributed by atoms with Gasteiger partial charge < -0.3 is 4.90 Å². The standard InChI is InChI=1S/C17H20Cl2N4O/c1-10(13-9-20-22(3)11(13)2)21-16-6-7-23(17(16)24)12-4-5-14(18)15(19)8-12/h4-5,8-10,16,21H,6-7H2,1-3H3. The molecule has 1 amide bonds. The number of anilines is 1. The maximum Gasteiger partial charge on any atom is 0.244 e. The third-order valence-corrected chi connectivity index (χ3v) is 5.35. The van der Waals surface area contributed by atoms with Crippen molar-refractivity contribution in [2.75, 3.05) is 11.4 Å². The largest absolute Gasteiger partial charge is 0.311 e. The van der Waals surface area contributed by atoms with Gasteiger partial charge in [-0.25, -0.2) is 0 Å². The van der Waals surface area contributed by atoms with Gasteiger partial charge in [0.2, 0.25) is 5.91 Å². The zero-order valence-corrected chi connectivity index (χ0v) is 15.4. The van der Waals surface area contributed by atoms with Crippen LogP contribution in [0.15, 0.2) is 24.4 Å². The van der Waals surface area contributed by atoms with Gasteiger partial charge in [-0.15, -0.1) is 0 Å². The second kappa shape index (κ2) is 6.75. The number of hydrogen-bond acceptors (Lipinski definition) is 3. The number of halogens is 2.